The first-order valence-electron chi connectivity index (χ1n) is 8.85. The summed E-state index contributed by atoms with van der Waals surface area (Å²) in [6, 6.07) is 13.3. The molecular formula is C22H23ClFN3. The van der Waals surface area contributed by atoms with E-state index in [4.69, 9.17) is 11.6 Å². The lowest BCUT2D eigenvalue weighted by Crippen LogP contribution is -2.10. The predicted molar refractivity (Wildman–Crippen MR) is 109 cm³/mol. The lowest BCUT2D eigenvalue weighted by Gasteiger charge is -2.18. The number of aryl methyl sites for hydroxylation is 1. The highest BCUT2D eigenvalue weighted by atomic mass is 35.5. The molecule has 0 saturated carbocycles. The summed E-state index contributed by atoms with van der Waals surface area (Å²) in [6.45, 7) is 8.89. The van der Waals surface area contributed by atoms with Crippen LogP contribution in [0.4, 0.5) is 4.39 Å². The van der Waals surface area contributed by atoms with Crippen molar-refractivity contribution in [2.45, 2.75) is 39.7 Å². The zero-order valence-corrected chi connectivity index (χ0v) is 16.8. The molecule has 5 heteroatoms. The molecule has 0 aliphatic carbocycles. The highest BCUT2D eigenvalue weighted by molar-refractivity contribution is 6.29. The molecule has 0 atom stereocenters. The van der Waals surface area contributed by atoms with Gasteiger partial charge in [0, 0.05) is 11.9 Å². The number of aromatic nitrogens is 3. The van der Waals surface area contributed by atoms with Crippen molar-refractivity contribution in [3.63, 3.8) is 0 Å². The molecule has 0 unspecified atom stereocenters. The third-order valence-corrected chi connectivity index (χ3v) is 4.63. The fourth-order valence-electron chi connectivity index (χ4n) is 2.80. The van der Waals surface area contributed by atoms with E-state index in [1.54, 1.807) is 23.0 Å². The van der Waals surface area contributed by atoms with Crippen LogP contribution in [0.1, 0.15) is 48.8 Å². The van der Waals surface area contributed by atoms with Crippen molar-refractivity contribution >= 4 is 23.5 Å². The molecule has 2 aromatic heterocycles. The molecule has 27 heavy (non-hydrogen) atoms. The van der Waals surface area contributed by atoms with E-state index >= 15 is 0 Å². The molecule has 0 amide bonds. The first kappa shape index (κ1) is 19.3. The maximum absolute atomic E-state index is 14.7. The van der Waals surface area contributed by atoms with Crippen LogP contribution in [0.5, 0.6) is 0 Å². The monoisotopic (exact) mass is 383 g/mol. The van der Waals surface area contributed by atoms with Crippen LogP contribution in [-0.4, -0.2) is 14.8 Å². The molecule has 3 nitrogen and oxygen atoms in total. The van der Waals surface area contributed by atoms with Gasteiger partial charge in [-0.1, -0.05) is 56.6 Å². The van der Waals surface area contributed by atoms with Gasteiger partial charge in [0.05, 0.1) is 6.54 Å². The Labute approximate surface area is 164 Å². The van der Waals surface area contributed by atoms with Crippen LogP contribution >= 0.6 is 11.6 Å². The minimum absolute atomic E-state index is 0.0759. The largest absolute Gasteiger partial charge is 0.265 e. The standard InChI is InChI=1S/C22H23ClFN3/c1-15-11-20(26-27(15)14-17-9-10-25-21(23)13-17)19(24)12-16-5-7-18(8-6-16)22(2,3)4/h5-13H,14H2,1-4H3. The van der Waals surface area contributed by atoms with Crippen molar-refractivity contribution in [2.24, 2.45) is 0 Å². The lowest BCUT2D eigenvalue weighted by atomic mass is 9.87. The van der Waals surface area contributed by atoms with E-state index in [1.165, 1.54) is 11.6 Å². The molecule has 1 aromatic carbocycles. The van der Waals surface area contributed by atoms with Gasteiger partial charge in [-0.3, -0.25) is 4.68 Å². The zero-order valence-electron chi connectivity index (χ0n) is 16.0. The van der Waals surface area contributed by atoms with Gasteiger partial charge in [0.1, 0.15) is 10.8 Å². The van der Waals surface area contributed by atoms with Crippen LogP contribution in [0.15, 0.2) is 48.7 Å². The maximum Gasteiger partial charge on any atom is 0.151 e. The molecule has 0 saturated heterocycles. The molecule has 0 N–H and O–H groups in total. The molecule has 0 radical (unpaired) electrons. The Balaban J connectivity index is 1.81. The quantitative estimate of drug-likeness (QED) is 0.513. The molecule has 0 bridgehead atoms. The van der Waals surface area contributed by atoms with Gasteiger partial charge in [-0.25, -0.2) is 9.37 Å². The second-order valence-electron chi connectivity index (χ2n) is 7.68. The average molecular weight is 384 g/mol. The summed E-state index contributed by atoms with van der Waals surface area (Å²) in [5.41, 5.74) is 4.28. The van der Waals surface area contributed by atoms with E-state index in [0.717, 1.165) is 16.8 Å². The topological polar surface area (TPSA) is 30.7 Å². The Morgan fingerprint density at radius 1 is 1.15 bits per heavy atom. The molecule has 0 spiro atoms. The fourth-order valence-corrected chi connectivity index (χ4v) is 3.00. The summed E-state index contributed by atoms with van der Waals surface area (Å²) in [5.74, 6) is -0.354. The third-order valence-electron chi connectivity index (χ3n) is 4.42. The molecule has 140 valence electrons. The summed E-state index contributed by atoms with van der Waals surface area (Å²) in [5, 5.41) is 4.83. The van der Waals surface area contributed by atoms with Gasteiger partial charge in [0.2, 0.25) is 0 Å². The average Bonchev–Trinajstić information content (AvgIpc) is 2.95. The zero-order chi connectivity index (χ0) is 19.6. The molecule has 0 aliphatic heterocycles. The predicted octanol–water partition coefficient (Wildman–Crippen LogP) is 6.05. The smallest absolute Gasteiger partial charge is 0.151 e. The third kappa shape index (κ3) is 4.83. The van der Waals surface area contributed by atoms with E-state index < -0.39 is 0 Å². The van der Waals surface area contributed by atoms with Gasteiger partial charge >= 0.3 is 0 Å². The molecule has 3 aromatic rings. The maximum atomic E-state index is 14.7. The van der Waals surface area contributed by atoms with Gasteiger partial charge in [-0.2, -0.15) is 5.10 Å². The van der Waals surface area contributed by atoms with Gasteiger partial charge in [-0.05, 0) is 53.3 Å². The normalized spacial score (nSPS) is 12.4. The number of rotatable bonds is 4. The van der Waals surface area contributed by atoms with E-state index in [9.17, 15) is 4.39 Å². The Kier molecular flexibility index (Phi) is 5.47. The van der Waals surface area contributed by atoms with Crippen molar-refractivity contribution in [3.05, 3.63) is 81.9 Å². The Morgan fingerprint density at radius 2 is 1.85 bits per heavy atom. The van der Waals surface area contributed by atoms with Crippen LogP contribution in [0.3, 0.4) is 0 Å². The Hall–Kier alpha value is -2.46. The molecule has 0 aliphatic rings. The highest BCUT2D eigenvalue weighted by Crippen LogP contribution is 2.24. The van der Waals surface area contributed by atoms with Crippen molar-refractivity contribution < 1.29 is 4.39 Å². The molecule has 2 heterocycles. The fraction of sp³-hybridized carbons (Fsp3) is 0.273. The van der Waals surface area contributed by atoms with E-state index in [2.05, 4.69) is 30.9 Å². The van der Waals surface area contributed by atoms with Gasteiger partial charge in [0.15, 0.2) is 5.83 Å². The number of halogens is 2. The minimum Gasteiger partial charge on any atom is -0.265 e. The van der Waals surface area contributed by atoms with Crippen LogP contribution in [-0.2, 0) is 12.0 Å². The van der Waals surface area contributed by atoms with Crippen LogP contribution in [0.2, 0.25) is 5.15 Å². The van der Waals surface area contributed by atoms with Gasteiger partial charge in [0.25, 0.3) is 0 Å². The first-order chi connectivity index (χ1) is 12.7. The lowest BCUT2D eigenvalue weighted by molar-refractivity contribution is 0.590. The van der Waals surface area contributed by atoms with E-state index in [-0.39, 0.29) is 11.2 Å². The van der Waals surface area contributed by atoms with Crippen molar-refractivity contribution in [2.75, 3.05) is 0 Å². The number of pyridine rings is 1. The van der Waals surface area contributed by atoms with E-state index in [0.29, 0.717) is 17.4 Å². The minimum atomic E-state index is -0.354. The van der Waals surface area contributed by atoms with Crippen molar-refractivity contribution in [1.82, 2.24) is 14.8 Å². The number of nitrogens with zero attached hydrogens (tertiary/aromatic N) is 3. The Morgan fingerprint density at radius 3 is 2.48 bits per heavy atom. The Bertz CT molecular complexity index is 966. The molecule has 3 rings (SSSR count). The second kappa shape index (κ2) is 7.65. The SMILES string of the molecule is Cc1cc(C(F)=Cc2ccc(C(C)(C)C)cc2)nn1Cc1ccnc(Cl)c1. The summed E-state index contributed by atoms with van der Waals surface area (Å²) in [7, 11) is 0. The van der Waals surface area contributed by atoms with Crippen LogP contribution in [0, 0.1) is 6.92 Å². The summed E-state index contributed by atoms with van der Waals surface area (Å²) in [4.78, 5) is 3.97. The van der Waals surface area contributed by atoms with Gasteiger partial charge < -0.3 is 0 Å². The second-order valence-corrected chi connectivity index (χ2v) is 8.07. The van der Waals surface area contributed by atoms with E-state index in [1.807, 2.05) is 37.3 Å². The molecule has 0 fully saturated rings. The van der Waals surface area contributed by atoms with Crippen LogP contribution in [0.25, 0.3) is 11.9 Å². The number of hydrogen-bond acceptors (Lipinski definition) is 2. The van der Waals surface area contributed by atoms with Crippen molar-refractivity contribution in [1.29, 1.82) is 0 Å². The van der Waals surface area contributed by atoms with Crippen LogP contribution < -0.4 is 0 Å². The number of hydrogen-bond donors (Lipinski definition) is 0. The van der Waals surface area contributed by atoms with Crippen molar-refractivity contribution in [3.8, 4) is 0 Å². The molecular weight excluding hydrogens is 361 g/mol. The summed E-state index contributed by atoms with van der Waals surface area (Å²) >= 11 is 5.93. The summed E-state index contributed by atoms with van der Waals surface area (Å²) < 4.78 is 16.5. The number of benzene rings is 1. The first-order valence-corrected chi connectivity index (χ1v) is 9.23. The highest BCUT2D eigenvalue weighted by Gasteiger charge is 2.13. The van der Waals surface area contributed by atoms with Gasteiger partial charge in [-0.15, -0.1) is 0 Å². The summed E-state index contributed by atoms with van der Waals surface area (Å²) in [6.07, 6.45) is 3.17.